The molecule has 0 radical (unpaired) electrons. The summed E-state index contributed by atoms with van der Waals surface area (Å²) in [6.45, 7) is 5.56. The normalized spacial score (nSPS) is 21.4. The largest absolute Gasteiger partial charge is 0.378 e. The highest BCUT2D eigenvalue weighted by Crippen LogP contribution is 2.21. The molecule has 0 aromatic heterocycles. The fraction of sp³-hybridized carbons (Fsp3) is 0.529. The maximum Gasteiger partial charge on any atom is 0.313 e. The molecule has 1 saturated heterocycles. The molecule has 5 nitrogen and oxygen atoms in total. The van der Waals surface area contributed by atoms with Crippen LogP contribution in [0.15, 0.2) is 24.3 Å². The van der Waals surface area contributed by atoms with E-state index in [0.29, 0.717) is 30.6 Å². The molecule has 2 atom stereocenters. The summed E-state index contributed by atoms with van der Waals surface area (Å²) in [5.74, 6) is -0.103. The van der Waals surface area contributed by atoms with E-state index in [1.165, 1.54) is 0 Å². The highest BCUT2D eigenvalue weighted by Gasteiger charge is 2.29. The number of anilines is 2. The van der Waals surface area contributed by atoms with Gasteiger partial charge in [-0.05, 0) is 42.5 Å². The van der Waals surface area contributed by atoms with Gasteiger partial charge in [-0.3, -0.25) is 9.59 Å². The molecule has 1 aliphatic heterocycles. The van der Waals surface area contributed by atoms with E-state index >= 15 is 0 Å². The highest BCUT2D eigenvalue weighted by atomic mass is 16.2. The minimum Gasteiger partial charge on any atom is -0.378 e. The summed E-state index contributed by atoms with van der Waals surface area (Å²) in [4.78, 5) is 28.1. The summed E-state index contributed by atoms with van der Waals surface area (Å²) in [6, 6.07) is 7.43. The third-order valence-electron chi connectivity index (χ3n) is 3.99. The second kappa shape index (κ2) is 6.81. The van der Waals surface area contributed by atoms with Crippen molar-refractivity contribution in [1.82, 2.24) is 4.90 Å². The summed E-state index contributed by atoms with van der Waals surface area (Å²) >= 11 is 0. The van der Waals surface area contributed by atoms with Gasteiger partial charge in [0.2, 0.25) is 0 Å². The van der Waals surface area contributed by atoms with E-state index in [9.17, 15) is 9.59 Å². The Bertz CT molecular complexity index is 529. The van der Waals surface area contributed by atoms with Crippen molar-refractivity contribution in [3.8, 4) is 0 Å². The summed E-state index contributed by atoms with van der Waals surface area (Å²) in [7, 11) is 3.91. The second-order valence-electron chi connectivity index (χ2n) is 6.55. The van der Waals surface area contributed by atoms with E-state index in [4.69, 9.17) is 0 Å². The first-order valence-corrected chi connectivity index (χ1v) is 7.74. The molecule has 1 aromatic rings. The molecule has 1 N–H and O–H groups in total. The summed E-state index contributed by atoms with van der Waals surface area (Å²) in [5, 5.41) is 2.69. The molecule has 1 heterocycles. The van der Waals surface area contributed by atoms with Crippen molar-refractivity contribution in [2.75, 3.05) is 37.4 Å². The molecule has 0 spiro atoms. The van der Waals surface area contributed by atoms with Crippen LogP contribution in [0.5, 0.6) is 0 Å². The van der Waals surface area contributed by atoms with Crippen LogP contribution in [-0.4, -0.2) is 43.9 Å². The Labute approximate surface area is 132 Å². The van der Waals surface area contributed by atoms with E-state index in [1.54, 1.807) is 4.90 Å². The smallest absolute Gasteiger partial charge is 0.313 e. The van der Waals surface area contributed by atoms with E-state index < -0.39 is 11.8 Å². The van der Waals surface area contributed by atoms with Crippen LogP contribution < -0.4 is 10.2 Å². The van der Waals surface area contributed by atoms with E-state index in [1.807, 2.05) is 43.3 Å². The minimum absolute atomic E-state index is 0.435. The number of nitrogens with one attached hydrogen (secondary N) is 1. The van der Waals surface area contributed by atoms with Crippen molar-refractivity contribution in [2.45, 2.75) is 20.3 Å². The van der Waals surface area contributed by atoms with Crippen molar-refractivity contribution >= 4 is 23.2 Å². The fourth-order valence-electron chi connectivity index (χ4n) is 3.00. The van der Waals surface area contributed by atoms with Gasteiger partial charge in [0.1, 0.15) is 0 Å². The van der Waals surface area contributed by atoms with Gasteiger partial charge in [-0.25, -0.2) is 0 Å². The molecule has 2 amide bonds. The molecule has 5 heteroatoms. The lowest BCUT2D eigenvalue weighted by Crippen LogP contribution is -2.47. The predicted molar refractivity (Wildman–Crippen MR) is 88.9 cm³/mol. The molecule has 0 aliphatic carbocycles. The maximum atomic E-state index is 12.3. The zero-order chi connectivity index (χ0) is 16.3. The number of nitrogens with zero attached hydrogens (tertiary/aromatic N) is 2. The van der Waals surface area contributed by atoms with Crippen LogP contribution in [0.2, 0.25) is 0 Å². The van der Waals surface area contributed by atoms with E-state index in [0.717, 1.165) is 12.1 Å². The Morgan fingerprint density at radius 1 is 1.09 bits per heavy atom. The summed E-state index contributed by atoms with van der Waals surface area (Å²) < 4.78 is 0. The number of piperidine rings is 1. The van der Waals surface area contributed by atoms with Crippen molar-refractivity contribution in [1.29, 1.82) is 0 Å². The Morgan fingerprint density at radius 3 is 2.14 bits per heavy atom. The van der Waals surface area contributed by atoms with Gasteiger partial charge in [-0.1, -0.05) is 13.8 Å². The van der Waals surface area contributed by atoms with Gasteiger partial charge < -0.3 is 15.1 Å². The molecule has 1 fully saturated rings. The number of hydrogen-bond donors (Lipinski definition) is 1. The lowest BCUT2D eigenvalue weighted by Gasteiger charge is -2.34. The third-order valence-corrected chi connectivity index (χ3v) is 3.99. The molecule has 0 saturated carbocycles. The van der Waals surface area contributed by atoms with Gasteiger partial charge in [0.05, 0.1) is 0 Å². The zero-order valence-electron chi connectivity index (χ0n) is 13.8. The van der Waals surface area contributed by atoms with Crippen LogP contribution in [0.1, 0.15) is 20.3 Å². The van der Waals surface area contributed by atoms with Gasteiger partial charge in [0, 0.05) is 38.6 Å². The Morgan fingerprint density at radius 2 is 1.64 bits per heavy atom. The van der Waals surface area contributed by atoms with Crippen LogP contribution in [0, 0.1) is 11.8 Å². The van der Waals surface area contributed by atoms with Gasteiger partial charge in [-0.15, -0.1) is 0 Å². The van der Waals surface area contributed by atoms with Gasteiger partial charge in [-0.2, -0.15) is 0 Å². The molecule has 1 aromatic carbocycles. The maximum absolute atomic E-state index is 12.3. The van der Waals surface area contributed by atoms with E-state index in [-0.39, 0.29) is 0 Å². The van der Waals surface area contributed by atoms with Crippen molar-refractivity contribution in [3.63, 3.8) is 0 Å². The molecule has 120 valence electrons. The Balaban J connectivity index is 1.97. The number of amides is 2. The molecule has 2 unspecified atom stereocenters. The minimum atomic E-state index is -0.557. The topological polar surface area (TPSA) is 52.7 Å². The van der Waals surface area contributed by atoms with Crippen molar-refractivity contribution in [2.24, 2.45) is 11.8 Å². The molecular formula is C17H25N3O2. The zero-order valence-corrected chi connectivity index (χ0v) is 13.8. The lowest BCUT2D eigenvalue weighted by molar-refractivity contribution is -0.144. The van der Waals surface area contributed by atoms with Crippen LogP contribution >= 0.6 is 0 Å². The highest BCUT2D eigenvalue weighted by molar-refractivity contribution is 6.39. The second-order valence-corrected chi connectivity index (χ2v) is 6.55. The number of likely N-dealkylation sites (tertiary alicyclic amines) is 1. The standard InChI is InChI=1S/C17H25N3O2/c1-12-9-13(2)11-20(10-12)17(22)16(21)18-14-5-7-15(8-6-14)19(3)4/h5-8,12-13H,9-11H2,1-4H3,(H,18,21). The Hall–Kier alpha value is -2.04. The first kappa shape index (κ1) is 16.3. The number of carbonyl (C=O) groups is 2. The number of hydrogen-bond acceptors (Lipinski definition) is 3. The number of benzene rings is 1. The number of carbonyl (C=O) groups excluding carboxylic acids is 2. The quantitative estimate of drug-likeness (QED) is 0.852. The van der Waals surface area contributed by atoms with Crippen LogP contribution in [0.4, 0.5) is 11.4 Å². The first-order valence-electron chi connectivity index (χ1n) is 7.74. The average Bonchev–Trinajstić information content (AvgIpc) is 2.46. The monoisotopic (exact) mass is 303 g/mol. The molecule has 1 aliphatic rings. The summed E-state index contributed by atoms with van der Waals surface area (Å²) in [5.41, 5.74) is 1.69. The summed E-state index contributed by atoms with van der Waals surface area (Å²) in [6.07, 6.45) is 1.11. The molecule has 0 bridgehead atoms. The van der Waals surface area contributed by atoms with Gasteiger partial charge in [0.15, 0.2) is 0 Å². The molecule has 2 rings (SSSR count). The van der Waals surface area contributed by atoms with Crippen LogP contribution in [0.25, 0.3) is 0 Å². The van der Waals surface area contributed by atoms with E-state index in [2.05, 4.69) is 19.2 Å². The first-order chi connectivity index (χ1) is 10.4. The lowest BCUT2D eigenvalue weighted by atomic mass is 9.92. The van der Waals surface area contributed by atoms with Gasteiger partial charge in [0.25, 0.3) is 0 Å². The molecular weight excluding hydrogens is 278 g/mol. The predicted octanol–water partition coefficient (Wildman–Crippen LogP) is 2.20. The number of rotatable bonds is 2. The van der Waals surface area contributed by atoms with Crippen LogP contribution in [-0.2, 0) is 9.59 Å². The Kier molecular flexibility index (Phi) is 5.06. The molecule has 22 heavy (non-hydrogen) atoms. The van der Waals surface area contributed by atoms with Crippen molar-refractivity contribution < 1.29 is 9.59 Å². The van der Waals surface area contributed by atoms with Crippen molar-refractivity contribution in [3.05, 3.63) is 24.3 Å². The van der Waals surface area contributed by atoms with Crippen LogP contribution in [0.3, 0.4) is 0 Å². The third kappa shape index (κ3) is 4.00. The fourth-order valence-corrected chi connectivity index (χ4v) is 3.00. The average molecular weight is 303 g/mol. The van der Waals surface area contributed by atoms with Gasteiger partial charge >= 0.3 is 11.8 Å². The SMILES string of the molecule is CC1CC(C)CN(C(=O)C(=O)Nc2ccc(N(C)C)cc2)C1.